The Morgan fingerprint density at radius 2 is 1.56 bits per heavy atom. The summed E-state index contributed by atoms with van der Waals surface area (Å²) in [5.74, 6) is -0.850. The van der Waals surface area contributed by atoms with Gasteiger partial charge in [-0.25, -0.2) is 13.9 Å². The maximum absolute atomic E-state index is 13.4. The summed E-state index contributed by atoms with van der Waals surface area (Å²) in [6.07, 6.45) is 3.22. The number of rotatable bonds is 3. The fraction of sp³-hybridized carbons (Fsp3) is 0.167. The van der Waals surface area contributed by atoms with E-state index < -0.39 is 5.82 Å². The Morgan fingerprint density at radius 3 is 2.28 bits per heavy atom. The van der Waals surface area contributed by atoms with Crippen molar-refractivity contribution >= 4 is 17.5 Å². The van der Waals surface area contributed by atoms with Crippen molar-refractivity contribution in [1.29, 1.82) is 0 Å². The highest BCUT2D eigenvalue weighted by Crippen LogP contribution is 2.22. The number of piperazine rings is 1. The molecule has 0 spiro atoms. The molecule has 0 N–H and O–H groups in total. The Labute approximate surface area is 183 Å². The van der Waals surface area contributed by atoms with Gasteiger partial charge in [0.05, 0.1) is 11.9 Å². The van der Waals surface area contributed by atoms with E-state index in [0.717, 1.165) is 11.3 Å². The monoisotopic (exact) mass is 429 g/mol. The van der Waals surface area contributed by atoms with Gasteiger partial charge in [-0.3, -0.25) is 9.59 Å². The van der Waals surface area contributed by atoms with E-state index >= 15 is 0 Å². The number of halogens is 1. The van der Waals surface area contributed by atoms with E-state index in [1.54, 1.807) is 32.8 Å². The Hall–Kier alpha value is -4.07. The normalized spacial score (nSPS) is 14.0. The molecule has 2 amide bonds. The Balaban J connectivity index is 1.33. The number of hydrogen-bond acceptors (Lipinski definition) is 4. The number of nitrogens with zero attached hydrogens (tertiary/aromatic N) is 5. The van der Waals surface area contributed by atoms with Gasteiger partial charge >= 0.3 is 0 Å². The van der Waals surface area contributed by atoms with Gasteiger partial charge in [0.2, 0.25) is 0 Å². The molecule has 8 heteroatoms. The summed E-state index contributed by atoms with van der Waals surface area (Å²) in [6, 6.07) is 17.3. The average Bonchev–Trinajstić information content (AvgIpc) is 3.28. The van der Waals surface area contributed by atoms with Crippen LogP contribution in [0.15, 0.2) is 73.1 Å². The van der Waals surface area contributed by atoms with Crippen LogP contribution in [0.2, 0.25) is 0 Å². The number of benzene rings is 2. The molecule has 2 aromatic carbocycles. The van der Waals surface area contributed by atoms with Gasteiger partial charge in [0.15, 0.2) is 5.65 Å². The molecular formula is C24H20FN5O2. The highest BCUT2D eigenvalue weighted by atomic mass is 19.1. The number of carbonyl (C=O) groups is 2. The zero-order chi connectivity index (χ0) is 22.1. The zero-order valence-electron chi connectivity index (χ0n) is 17.2. The molecule has 7 nitrogen and oxygen atoms in total. The zero-order valence-corrected chi connectivity index (χ0v) is 17.2. The number of amides is 2. The van der Waals surface area contributed by atoms with Gasteiger partial charge < -0.3 is 9.80 Å². The first kappa shape index (κ1) is 19.9. The molecule has 1 aliphatic rings. The minimum Gasteiger partial charge on any atom is -0.335 e. The summed E-state index contributed by atoms with van der Waals surface area (Å²) in [5.41, 5.74) is 3.05. The second kappa shape index (κ2) is 8.22. The minimum absolute atomic E-state index is 0.171. The predicted octanol–water partition coefficient (Wildman–Crippen LogP) is 3.13. The Morgan fingerprint density at radius 1 is 0.844 bits per heavy atom. The Kier molecular flexibility index (Phi) is 5.10. The SMILES string of the molecule is O=C(c1cccc(F)c1)N1CCN(C(=O)c2cnn3c(-c4ccccc4)ccnc23)CC1. The highest BCUT2D eigenvalue weighted by molar-refractivity contribution is 6.00. The molecule has 4 aromatic rings. The lowest BCUT2D eigenvalue weighted by Gasteiger charge is -2.34. The quantitative estimate of drug-likeness (QED) is 0.502. The van der Waals surface area contributed by atoms with Crippen LogP contribution in [-0.4, -0.2) is 62.4 Å². The molecule has 0 bridgehead atoms. The fourth-order valence-corrected chi connectivity index (χ4v) is 3.96. The van der Waals surface area contributed by atoms with Crippen LogP contribution < -0.4 is 0 Å². The van der Waals surface area contributed by atoms with Gasteiger partial charge in [0, 0.05) is 43.5 Å². The van der Waals surface area contributed by atoms with Crippen molar-refractivity contribution in [2.24, 2.45) is 0 Å². The van der Waals surface area contributed by atoms with E-state index in [4.69, 9.17) is 0 Å². The molecule has 0 unspecified atom stereocenters. The number of hydrogen-bond donors (Lipinski definition) is 0. The van der Waals surface area contributed by atoms with Crippen LogP contribution in [0, 0.1) is 5.82 Å². The van der Waals surface area contributed by atoms with E-state index in [0.29, 0.717) is 43.0 Å². The summed E-state index contributed by atoms with van der Waals surface area (Å²) < 4.78 is 15.1. The molecule has 0 saturated carbocycles. The van der Waals surface area contributed by atoms with Gasteiger partial charge in [0.25, 0.3) is 11.8 Å². The molecule has 1 aliphatic heterocycles. The van der Waals surface area contributed by atoms with Crippen molar-refractivity contribution in [3.8, 4) is 11.3 Å². The largest absolute Gasteiger partial charge is 0.335 e. The van der Waals surface area contributed by atoms with Crippen LogP contribution in [0.5, 0.6) is 0 Å². The van der Waals surface area contributed by atoms with Gasteiger partial charge in [-0.1, -0.05) is 36.4 Å². The van der Waals surface area contributed by atoms with E-state index in [-0.39, 0.29) is 11.8 Å². The molecule has 5 rings (SSSR count). The molecule has 32 heavy (non-hydrogen) atoms. The topological polar surface area (TPSA) is 70.8 Å². The second-order valence-electron chi connectivity index (χ2n) is 7.58. The molecule has 0 atom stereocenters. The molecular weight excluding hydrogens is 409 g/mol. The first-order valence-corrected chi connectivity index (χ1v) is 10.3. The molecule has 1 fully saturated rings. The third kappa shape index (κ3) is 3.60. The molecule has 0 radical (unpaired) electrons. The van der Waals surface area contributed by atoms with E-state index in [9.17, 15) is 14.0 Å². The second-order valence-corrected chi connectivity index (χ2v) is 7.58. The predicted molar refractivity (Wildman–Crippen MR) is 117 cm³/mol. The van der Waals surface area contributed by atoms with E-state index in [1.165, 1.54) is 18.2 Å². The van der Waals surface area contributed by atoms with Crippen LogP contribution in [0.4, 0.5) is 4.39 Å². The van der Waals surface area contributed by atoms with Crippen molar-refractivity contribution in [3.63, 3.8) is 0 Å². The molecule has 1 saturated heterocycles. The summed E-state index contributed by atoms with van der Waals surface area (Å²) in [4.78, 5) is 33.6. The van der Waals surface area contributed by atoms with Crippen LogP contribution in [0.1, 0.15) is 20.7 Å². The summed E-state index contributed by atoms with van der Waals surface area (Å²) >= 11 is 0. The van der Waals surface area contributed by atoms with Crippen molar-refractivity contribution in [2.75, 3.05) is 26.2 Å². The summed E-state index contributed by atoms with van der Waals surface area (Å²) in [5, 5.41) is 4.41. The van der Waals surface area contributed by atoms with Crippen LogP contribution >= 0.6 is 0 Å². The lowest BCUT2D eigenvalue weighted by atomic mass is 10.1. The Bertz CT molecular complexity index is 1300. The molecule has 0 aliphatic carbocycles. The molecule has 3 heterocycles. The lowest BCUT2D eigenvalue weighted by Crippen LogP contribution is -2.50. The van der Waals surface area contributed by atoms with Gasteiger partial charge in [-0.2, -0.15) is 5.10 Å². The van der Waals surface area contributed by atoms with Gasteiger partial charge in [-0.05, 0) is 24.3 Å². The standard InChI is InChI=1S/C24H20FN5O2/c25-19-8-4-7-18(15-19)23(31)28-11-13-29(14-12-28)24(32)20-16-27-30-21(9-10-26-22(20)30)17-5-2-1-3-6-17/h1-10,15-16H,11-14H2. The van der Waals surface area contributed by atoms with E-state index in [2.05, 4.69) is 10.1 Å². The smallest absolute Gasteiger partial charge is 0.259 e. The van der Waals surface area contributed by atoms with Crippen LogP contribution in [0.25, 0.3) is 16.9 Å². The fourth-order valence-electron chi connectivity index (χ4n) is 3.96. The summed E-state index contributed by atoms with van der Waals surface area (Å²) in [6.45, 7) is 1.52. The third-order valence-corrected chi connectivity index (χ3v) is 5.63. The van der Waals surface area contributed by atoms with Gasteiger partial charge in [-0.15, -0.1) is 0 Å². The molecule has 160 valence electrons. The number of carbonyl (C=O) groups excluding carboxylic acids is 2. The van der Waals surface area contributed by atoms with Crippen molar-refractivity contribution in [1.82, 2.24) is 24.4 Å². The first-order valence-electron chi connectivity index (χ1n) is 10.3. The van der Waals surface area contributed by atoms with Crippen molar-refractivity contribution in [2.45, 2.75) is 0 Å². The maximum Gasteiger partial charge on any atom is 0.259 e. The van der Waals surface area contributed by atoms with E-state index in [1.807, 2.05) is 36.4 Å². The maximum atomic E-state index is 13.4. The minimum atomic E-state index is -0.444. The average molecular weight is 429 g/mol. The van der Waals surface area contributed by atoms with Crippen LogP contribution in [0.3, 0.4) is 0 Å². The summed E-state index contributed by atoms with van der Waals surface area (Å²) in [7, 11) is 0. The number of aromatic nitrogens is 3. The molecule has 2 aromatic heterocycles. The third-order valence-electron chi connectivity index (χ3n) is 5.63. The number of fused-ring (bicyclic) bond motifs is 1. The first-order chi connectivity index (χ1) is 15.6. The van der Waals surface area contributed by atoms with Crippen LogP contribution in [-0.2, 0) is 0 Å². The van der Waals surface area contributed by atoms with Gasteiger partial charge in [0.1, 0.15) is 11.4 Å². The lowest BCUT2D eigenvalue weighted by molar-refractivity contribution is 0.0536. The highest BCUT2D eigenvalue weighted by Gasteiger charge is 2.28. The van der Waals surface area contributed by atoms with Crippen molar-refractivity contribution < 1.29 is 14.0 Å². The van der Waals surface area contributed by atoms with Crippen molar-refractivity contribution in [3.05, 3.63) is 90.0 Å².